The molecular formula is C23H27N5O4S2. The highest BCUT2D eigenvalue weighted by Gasteiger charge is 2.37. The molecule has 1 aliphatic rings. The van der Waals surface area contributed by atoms with E-state index in [1.54, 1.807) is 31.6 Å². The predicted molar refractivity (Wildman–Crippen MR) is 133 cm³/mol. The molecule has 11 heteroatoms. The van der Waals surface area contributed by atoms with Gasteiger partial charge >= 0.3 is 0 Å². The molecule has 0 bridgehead atoms. The number of ether oxygens (including phenoxy) is 1. The number of thiazole rings is 1. The molecule has 0 saturated heterocycles. The van der Waals surface area contributed by atoms with Gasteiger partial charge < -0.3 is 10.1 Å². The summed E-state index contributed by atoms with van der Waals surface area (Å²) in [7, 11) is -3.40. The van der Waals surface area contributed by atoms with Gasteiger partial charge in [-0.25, -0.2) is 18.4 Å². The predicted octanol–water partition coefficient (Wildman–Crippen LogP) is 4.13. The zero-order chi connectivity index (χ0) is 24.5. The van der Waals surface area contributed by atoms with Crippen LogP contribution in [0.5, 0.6) is 5.88 Å². The number of nitrogens with one attached hydrogen (secondary N) is 2. The Hall–Kier alpha value is -3.05. The van der Waals surface area contributed by atoms with Crippen molar-refractivity contribution in [3.05, 3.63) is 47.2 Å². The van der Waals surface area contributed by atoms with Crippen LogP contribution < -0.4 is 14.8 Å². The van der Waals surface area contributed by atoms with Crippen LogP contribution in [0.25, 0.3) is 11.3 Å². The lowest BCUT2D eigenvalue weighted by atomic mass is 9.88. The van der Waals surface area contributed by atoms with E-state index in [4.69, 9.17) is 4.74 Å². The Labute approximate surface area is 203 Å². The lowest BCUT2D eigenvalue weighted by Gasteiger charge is -2.22. The molecule has 1 amide bonds. The van der Waals surface area contributed by atoms with Gasteiger partial charge in [-0.2, -0.15) is 0 Å². The number of benzene rings is 1. The van der Waals surface area contributed by atoms with Crippen molar-refractivity contribution in [1.29, 1.82) is 0 Å². The Morgan fingerprint density at radius 3 is 2.68 bits per heavy atom. The van der Waals surface area contributed by atoms with Crippen LogP contribution in [0.3, 0.4) is 0 Å². The maximum absolute atomic E-state index is 13.1. The minimum absolute atomic E-state index is 0.247. The van der Waals surface area contributed by atoms with Crippen molar-refractivity contribution >= 4 is 38.1 Å². The molecule has 0 aliphatic heterocycles. The molecule has 180 valence electrons. The van der Waals surface area contributed by atoms with E-state index in [-0.39, 0.29) is 16.3 Å². The maximum atomic E-state index is 13.1. The second kappa shape index (κ2) is 9.30. The fraction of sp³-hybridized carbons (Fsp3) is 0.391. The van der Waals surface area contributed by atoms with Crippen molar-refractivity contribution in [3.8, 4) is 17.1 Å². The number of nitrogens with zero attached hydrogens (tertiary/aromatic N) is 3. The topological polar surface area (TPSA) is 123 Å². The number of anilines is 2. The normalized spacial score (nSPS) is 14.0. The van der Waals surface area contributed by atoms with Crippen LogP contribution in [0.4, 0.5) is 10.8 Å². The zero-order valence-electron chi connectivity index (χ0n) is 19.5. The monoisotopic (exact) mass is 501 g/mol. The average molecular weight is 502 g/mol. The lowest BCUT2D eigenvalue weighted by molar-refractivity contribution is -0.120. The molecule has 1 aromatic carbocycles. The number of carbonyl (C=O) groups is 1. The van der Waals surface area contributed by atoms with Crippen LogP contribution in [0.2, 0.25) is 0 Å². The van der Waals surface area contributed by atoms with E-state index < -0.39 is 15.4 Å². The van der Waals surface area contributed by atoms with Crippen LogP contribution >= 0.6 is 11.3 Å². The summed E-state index contributed by atoms with van der Waals surface area (Å²) in [5.41, 5.74) is 2.59. The first kappa shape index (κ1) is 24.1. The van der Waals surface area contributed by atoms with E-state index in [1.165, 1.54) is 11.3 Å². The number of rotatable bonds is 9. The summed E-state index contributed by atoms with van der Waals surface area (Å²) in [4.78, 5) is 26.2. The number of carbonyl (C=O) groups excluding carboxylic acids is 1. The SMILES string of the molecule is CCOc1cncc(-c2ccc(NC(=O)C(C)(C)c3csc(NS(=O)(=O)C4CC4)n3)c(C)c2)n1. The smallest absolute Gasteiger partial charge is 0.237 e. The van der Waals surface area contributed by atoms with E-state index >= 15 is 0 Å². The van der Waals surface area contributed by atoms with Gasteiger partial charge in [0.2, 0.25) is 21.8 Å². The highest BCUT2D eigenvalue weighted by molar-refractivity contribution is 7.93. The van der Waals surface area contributed by atoms with Gasteiger partial charge in [-0.3, -0.25) is 14.5 Å². The fourth-order valence-corrected chi connectivity index (χ4v) is 5.73. The largest absolute Gasteiger partial charge is 0.477 e. The van der Waals surface area contributed by atoms with E-state index in [9.17, 15) is 13.2 Å². The molecule has 1 saturated carbocycles. The molecule has 1 aliphatic carbocycles. The van der Waals surface area contributed by atoms with Crippen LogP contribution in [-0.2, 0) is 20.2 Å². The third-order valence-corrected chi connectivity index (χ3v) is 8.29. The van der Waals surface area contributed by atoms with Gasteiger partial charge in [0.1, 0.15) is 0 Å². The first-order valence-electron chi connectivity index (χ1n) is 10.9. The first-order chi connectivity index (χ1) is 16.1. The summed E-state index contributed by atoms with van der Waals surface area (Å²) in [5, 5.41) is 4.62. The molecule has 2 aromatic heterocycles. The third-order valence-electron chi connectivity index (χ3n) is 5.58. The van der Waals surface area contributed by atoms with Crippen molar-refractivity contribution < 1.29 is 17.9 Å². The van der Waals surface area contributed by atoms with Gasteiger partial charge in [0, 0.05) is 16.6 Å². The summed E-state index contributed by atoms with van der Waals surface area (Å²) in [6.45, 7) is 7.81. The molecule has 0 unspecified atom stereocenters. The molecule has 9 nitrogen and oxygen atoms in total. The second-order valence-electron chi connectivity index (χ2n) is 8.67. The third kappa shape index (κ3) is 5.20. The summed E-state index contributed by atoms with van der Waals surface area (Å²) < 4.78 is 32.3. The van der Waals surface area contributed by atoms with Gasteiger partial charge in [-0.15, -0.1) is 11.3 Å². The molecule has 2 N–H and O–H groups in total. The lowest BCUT2D eigenvalue weighted by Crippen LogP contribution is -2.35. The standard InChI is InChI=1S/C23H27N5O4S2/c1-5-32-20-12-24-11-18(25-20)15-6-9-17(14(2)10-15)26-21(29)23(3,4)19-13-33-22(27-19)28-34(30,31)16-7-8-16/h6,9-13,16H,5,7-8H2,1-4H3,(H,26,29)(H,27,28). The summed E-state index contributed by atoms with van der Waals surface area (Å²) in [5.74, 6) is 0.210. The molecular weight excluding hydrogens is 474 g/mol. The quantitative estimate of drug-likeness (QED) is 0.452. The Balaban J connectivity index is 1.48. The highest BCUT2D eigenvalue weighted by Crippen LogP contribution is 2.33. The van der Waals surface area contributed by atoms with Crippen LogP contribution in [0, 0.1) is 6.92 Å². The number of hydrogen-bond acceptors (Lipinski definition) is 8. The Bertz CT molecular complexity index is 1320. The Morgan fingerprint density at radius 1 is 1.24 bits per heavy atom. The average Bonchev–Trinajstić information content (AvgIpc) is 3.56. The molecule has 0 atom stereocenters. The molecule has 0 radical (unpaired) electrons. The second-order valence-corrected chi connectivity index (χ2v) is 11.5. The van der Waals surface area contributed by atoms with Crippen LogP contribution in [0.1, 0.15) is 44.9 Å². The summed E-state index contributed by atoms with van der Waals surface area (Å²) in [6, 6.07) is 5.61. The summed E-state index contributed by atoms with van der Waals surface area (Å²) in [6.07, 6.45) is 4.57. The van der Waals surface area contributed by atoms with Crippen molar-refractivity contribution in [2.24, 2.45) is 0 Å². The Kier molecular flexibility index (Phi) is 6.59. The van der Waals surface area contributed by atoms with Gasteiger partial charge in [0.25, 0.3) is 0 Å². The summed E-state index contributed by atoms with van der Waals surface area (Å²) >= 11 is 1.17. The number of hydrogen-bond donors (Lipinski definition) is 2. The van der Waals surface area contributed by atoms with Crippen molar-refractivity contribution in [2.75, 3.05) is 16.6 Å². The van der Waals surface area contributed by atoms with Crippen LogP contribution in [0.15, 0.2) is 36.0 Å². The Morgan fingerprint density at radius 2 is 2.00 bits per heavy atom. The molecule has 34 heavy (non-hydrogen) atoms. The number of aryl methyl sites for hydroxylation is 1. The maximum Gasteiger partial charge on any atom is 0.237 e. The van der Waals surface area contributed by atoms with E-state index in [1.807, 2.05) is 32.0 Å². The van der Waals surface area contributed by atoms with E-state index in [0.29, 0.717) is 42.4 Å². The first-order valence-corrected chi connectivity index (χ1v) is 13.4. The van der Waals surface area contributed by atoms with E-state index in [0.717, 1.165) is 11.1 Å². The minimum Gasteiger partial charge on any atom is -0.477 e. The molecule has 4 rings (SSSR count). The van der Waals surface area contributed by atoms with Gasteiger partial charge in [-0.1, -0.05) is 6.07 Å². The van der Waals surface area contributed by atoms with Gasteiger partial charge in [0.15, 0.2) is 5.13 Å². The van der Waals surface area contributed by atoms with E-state index in [2.05, 4.69) is 25.0 Å². The van der Waals surface area contributed by atoms with Gasteiger partial charge in [0.05, 0.1) is 41.1 Å². The van der Waals surface area contributed by atoms with Crippen molar-refractivity contribution in [2.45, 2.75) is 51.2 Å². The molecule has 0 spiro atoms. The zero-order valence-corrected chi connectivity index (χ0v) is 21.1. The van der Waals surface area contributed by atoms with Crippen molar-refractivity contribution in [3.63, 3.8) is 0 Å². The minimum atomic E-state index is -3.40. The molecule has 2 heterocycles. The molecule has 3 aromatic rings. The number of aromatic nitrogens is 3. The molecule has 1 fully saturated rings. The highest BCUT2D eigenvalue weighted by atomic mass is 32.2. The number of amides is 1. The van der Waals surface area contributed by atoms with Crippen molar-refractivity contribution in [1.82, 2.24) is 15.0 Å². The fourth-order valence-electron chi connectivity index (χ4n) is 3.25. The van der Waals surface area contributed by atoms with Gasteiger partial charge in [-0.05, 0) is 58.2 Å². The van der Waals surface area contributed by atoms with Crippen LogP contribution in [-0.4, -0.2) is 41.1 Å². The number of sulfonamides is 1.